The van der Waals surface area contributed by atoms with Crippen molar-refractivity contribution in [2.24, 2.45) is 7.05 Å². The molecule has 6 nitrogen and oxygen atoms in total. The summed E-state index contributed by atoms with van der Waals surface area (Å²) in [7, 11) is 1.88. The van der Waals surface area contributed by atoms with E-state index in [1.54, 1.807) is 16.9 Å². The molecule has 0 N–H and O–H groups in total. The average molecular weight is 390 g/mol. The second-order valence-electron chi connectivity index (χ2n) is 4.95. The van der Waals surface area contributed by atoms with Gasteiger partial charge in [0.2, 0.25) is 5.82 Å². The van der Waals surface area contributed by atoms with E-state index in [2.05, 4.69) is 36.0 Å². The number of nitrogens with zero attached hydrogens (tertiary/aromatic N) is 6. The molecule has 4 rings (SSSR count). The lowest BCUT2D eigenvalue weighted by Gasteiger charge is -2.05. The van der Waals surface area contributed by atoms with Gasteiger partial charge in [0.25, 0.3) is 0 Å². The third-order valence-electron chi connectivity index (χ3n) is 3.48. The molecule has 0 atom stereocenters. The van der Waals surface area contributed by atoms with Gasteiger partial charge in [0.05, 0.1) is 5.69 Å². The zero-order chi connectivity index (χ0) is 16.0. The van der Waals surface area contributed by atoms with Crippen molar-refractivity contribution in [3.05, 3.63) is 52.6 Å². The van der Waals surface area contributed by atoms with E-state index in [1.807, 2.05) is 42.2 Å². The summed E-state index contributed by atoms with van der Waals surface area (Å²) in [6.45, 7) is 0. The van der Waals surface area contributed by atoms with E-state index in [0.29, 0.717) is 22.3 Å². The van der Waals surface area contributed by atoms with E-state index in [9.17, 15) is 0 Å². The molecule has 114 valence electrons. The molecule has 0 saturated heterocycles. The monoisotopic (exact) mass is 388 g/mol. The Morgan fingerprint density at radius 1 is 1.17 bits per heavy atom. The molecule has 0 saturated carbocycles. The second kappa shape index (κ2) is 5.43. The largest absolute Gasteiger partial charge is 0.331 e. The van der Waals surface area contributed by atoms with Gasteiger partial charge in [-0.1, -0.05) is 17.7 Å². The Hall–Kier alpha value is -2.25. The molecule has 0 aromatic carbocycles. The van der Waals surface area contributed by atoms with Gasteiger partial charge in [-0.3, -0.25) is 4.98 Å². The third kappa shape index (κ3) is 2.32. The van der Waals surface area contributed by atoms with Crippen LogP contribution in [0.4, 0.5) is 0 Å². The van der Waals surface area contributed by atoms with Crippen LogP contribution in [0.15, 0.2) is 47.5 Å². The number of pyridine rings is 1. The van der Waals surface area contributed by atoms with Crippen molar-refractivity contribution in [1.82, 2.24) is 29.1 Å². The molecular formula is C15H10BrClN6. The molecule has 0 aliphatic carbocycles. The zero-order valence-corrected chi connectivity index (χ0v) is 14.3. The summed E-state index contributed by atoms with van der Waals surface area (Å²) in [4.78, 5) is 13.1. The summed E-state index contributed by atoms with van der Waals surface area (Å²) in [5.74, 6) is 1.11. The van der Waals surface area contributed by atoms with Crippen LogP contribution in [-0.2, 0) is 7.05 Å². The fourth-order valence-corrected chi connectivity index (χ4v) is 3.29. The van der Waals surface area contributed by atoms with Crippen molar-refractivity contribution in [2.75, 3.05) is 0 Å². The highest BCUT2D eigenvalue weighted by atomic mass is 79.9. The van der Waals surface area contributed by atoms with Crippen LogP contribution in [0, 0.1) is 0 Å². The fraction of sp³-hybridized carbons (Fsp3) is 0.0667. The lowest BCUT2D eigenvalue weighted by molar-refractivity contribution is 0.859. The van der Waals surface area contributed by atoms with Crippen molar-refractivity contribution in [1.29, 1.82) is 0 Å². The second-order valence-corrected chi connectivity index (χ2v) is 6.16. The van der Waals surface area contributed by atoms with Crippen molar-refractivity contribution in [2.45, 2.75) is 0 Å². The molecule has 4 heterocycles. The molecule has 0 aliphatic heterocycles. The van der Waals surface area contributed by atoms with Gasteiger partial charge >= 0.3 is 0 Å². The van der Waals surface area contributed by atoms with Crippen molar-refractivity contribution in [3.63, 3.8) is 0 Å². The number of fused-ring (bicyclic) bond motifs is 1. The van der Waals surface area contributed by atoms with E-state index >= 15 is 0 Å². The molecule has 0 bridgehead atoms. The Morgan fingerprint density at radius 3 is 2.74 bits per heavy atom. The molecule has 0 radical (unpaired) electrons. The number of imidazole rings is 1. The van der Waals surface area contributed by atoms with Crippen LogP contribution < -0.4 is 0 Å². The van der Waals surface area contributed by atoms with Crippen LogP contribution in [0.25, 0.3) is 28.4 Å². The fourth-order valence-electron chi connectivity index (χ4n) is 2.44. The molecule has 4 aromatic rings. The number of aromatic nitrogens is 6. The van der Waals surface area contributed by atoms with Crippen molar-refractivity contribution in [3.8, 4) is 22.9 Å². The summed E-state index contributed by atoms with van der Waals surface area (Å²) < 4.78 is 4.40. The molecule has 8 heteroatoms. The highest BCUT2D eigenvalue weighted by Crippen LogP contribution is 2.35. The summed E-state index contributed by atoms with van der Waals surface area (Å²) in [5.41, 5.74) is 2.37. The van der Waals surface area contributed by atoms with E-state index < -0.39 is 0 Å². The van der Waals surface area contributed by atoms with Crippen LogP contribution in [-0.4, -0.2) is 29.1 Å². The predicted octanol–water partition coefficient (Wildman–Crippen LogP) is 3.61. The summed E-state index contributed by atoms with van der Waals surface area (Å²) in [5, 5.41) is 4.88. The van der Waals surface area contributed by atoms with Crippen LogP contribution in [0.1, 0.15) is 0 Å². The quantitative estimate of drug-likeness (QED) is 0.525. The van der Waals surface area contributed by atoms with Crippen LogP contribution >= 0.6 is 27.5 Å². The van der Waals surface area contributed by atoms with E-state index in [4.69, 9.17) is 11.6 Å². The predicted molar refractivity (Wildman–Crippen MR) is 91.1 cm³/mol. The highest BCUT2D eigenvalue weighted by Gasteiger charge is 2.19. The number of hydrogen-bond donors (Lipinski definition) is 0. The summed E-state index contributed by atoms with van der Waals surface area (Å²) in [6.07, 6.45) is 7.12. The minimum Gasteiger partial charge on any atom is -0.331 e. The Balaban J connectivity index is 1.99. The van der Waals surface area contributed by atoms with Gasteiger partial charge in [-0.15, -0.1) is 5.10 Å². The highest BCUT2D eigenvalue weighted by molar-refractivity contribution is 9.10. The van der Waals surface area contributed by atoms with Gasteiger partial charge in [-0.05, 0) is 28.1 Å². The lowest BCUT2D eigenvalue weighted by atomic mass is 10.2. The number of aryl methyl sites for hydroxylation is 1. The number of rotatable bonds is 2. The van der Waals surface area contributed by atoms with E-state index in [-0.39, 0.29) is 0 Å². The third-order valence-corrected chi connectivity index (χ3v) is 4.35. The minimum absolute atomic E-state index is 0.351. The first kappa shape index (κ1) is 14.3. The maximum Gasteiger partial charge on any atom is 0.217 e. The number of hydrogen-bond acceptors (Lipinski definition) is 4. The van der Waals surface area contributed by atoms with Crippen molar-refractivity contribution >= 4 is 33.0 Å². The molecule has 23 heavy (non-hydrogen) atoms. The molecule has 0 spiro atoms. The Labute approximate surface area is 144 Å². The van der Waals surface area contributed by atoms with Gasteiger partial charge in [0, 0.05) is 41.9 Å². The van der Waals surface area contributed by atoms with E-state index in [1.165, 1.54) is 0 Å². The molecular weight excluding hydrogens is 380 g/mol. The van der Waals surface area contributed by atoms with Gasteiger partial charge in [0.1, 0.15) is 5.52 Å². The topological polar surface area (TPSA) is 60.9 Å². The van der Waals surface area contributed by atoms with Crippen LogP contribution in [0.3, 0.4) is 0 Å². The summed E-state index contributed by atoms with van der Waals surface area (Å²) >= 11 is 10.0. The van der Waals surface area contributed by atoms with Gasteiger partial charge in [0.15, 0.2) is 11.0 Å². The molecule has 0 amide bonds. The maximum atomic E-state index is 6.44. The summed E-state index contributed by atoms with van der Waals surface area (Å²) in [6, 6.07) is 5.71. The zero-order valence-electron chi connectivity index (χ0n) is 12.0. The Bertz CT molecular complexity index is 1010. The van der Waals surface area contributed by atoms with Crippen molar-refractivity contribution < 1.29 is 0 Å². The SMILES string of the molecule is Cn1ccnc1-c1nc(Cl)c2c(-c3ccccn3)c(Br)cn2n1. The first-order valence-electron chi connectivity index (χ1n) is 6.78. The Kier molecular flexibility index (Phi) is 3.39. The Morgan fingerprint density at radius 2 is 2.04 bits per heavy atom. The average Bonchev–Trinajstić information content (AvgIpc) is 3.11. The minimum atomic E-state index is 0.351. The first-order chi connectivity index (χ1) is 11.1. The van der Waals surface area contributed by atoms with Gasteiger partial charge < -0.3 is 4.57 Å². The smallest absolute Gasteiger partial charge is 0.217 e. The standard InChI is InChI=1S/C15H10BrClN6/c1-22-7-6-19-15(22)14-20-13(17)12-11(9(16)8-23(12)21-14)10-4-2-3-5-18-10/h2-8H,1H3. The van der Waals surface area contributed by atoms with E-state index in [0.717, 1.165) is 15.7 Å². The maximum absolute atomic E-state index is 6.44. The molecule has 0 unspecified atom stereocenters. The molecule has 0 aliphatic rings. The van der Waals surface area contributed by atoms with Gasteiger partial charge in [-0.2, -0.15) is 0 Å². The van der Waals surface area contributed by atoms with Crippen LogP contribution in [0.5, 0.6) is 0 Å². The molecule has 0 fully saturated rings. The number of halogens is 2. The van der Waals surface area contributed by atoms with Gasteiger partial charge in [-0.25, -0.2) is 14.5 Å². The normalized spacial score (nSPS) is 11.3. The first-order valence-corrected chi connectivity index (χ1v) is 7.95. The lowest BCUT2D eigenvalue weighted by Crippen LogP contribution is -2.02. The van der Waals surface area contributed by atoms with Crippen LogP contribution in [0.2, 0.25) is 5.15 Å². The molecule has 4 aromatic heterocycles.